The molecule has 0 radical (unpaired) electrons. The molecular weight excluding hydrogens is 269 g/mol. The number of ether oxygens (including phenoxy) is 1. The number of hydrogen-bond acceptors (Lipinski definition) is 3. The Kier molecular flexibility index (Phi) is 6.03. The van der Waals surface area contributed by atoms with Crippen molar-refractivity contribution in [3.8, 4) is 0 Å². The fourth-order valence-corrected chi connectivity index (χ4v) is 2.98. The van der Waals surface area contributed by atoms with Crippen LogP contribution in [0.15, 0.2) is 24.3 Å². The monoisotopic (exact) mass is 293 g/mol. The highest BCUT2D eigenvalue weighted by Crippen LogP contribution is 2.28. The lowest BCUT2D eigenvalue weighted by molar-refractivity contribution is -0.144. The summed E-state index contributed by atoms with van der Waals surface area (Å²) in [6.45, 7) is 2.14. The van der Waals surface area contributed by atoms with Crippen molar-refractivity contribution in [1.82, 2.24) is 0 Å². The van der Waals surface area contributed by atoms with E-state index in [9.17, 15) is 9.18 Å². The van der Waals surface area contributed by atoms with Gasteiger partial charge < -0.3 is 10.1 Å². The summed E-state index contributed by atoms with van der Waals surface area (Å²) in [4.78, 5) is 12.1. The standard InChI is InChI=1S/C17H24FNO2/c1-2-21-17(20)16(12-13-8-4-3-5-9-13)19-15-11-7-6-10-14(15)18/h6-7,10-11,13,16,19H,2-5,8-9,12H2,1H3. The van der Waals surface area contributed by atoms with E-state index in [0.717, 1.165) is 12.8 Å². The Morgan fingerprint density at radius 2 is 2.05 bits per heavy atom. The molecule has 1 saturated carbocycles. The number of para-hydroxylation sites is 1. The minimum absolute atomic E-state index is 0.286. The lowest BCUT2D eigenvalue weighted by Gasteiger charge is -2.26. The van der Waals surface area contributed by atoms with Gasteiger partial charge in [-0.15, -0.1) is 0 Å². The molecule has 1 aromatic rings. The summed E-state index contributed by atoms with van der Waals surface area (Å²) in [6.07, 6.45) is 6.73. The number of nitrogens with one attached hydrogen (secondary N) is 1. The van der Waals surface area contributed by atoms with Crippen molar-refractivity contribution in [1.29, 1.82) is 0 Å². The van der Waals surface area contributed by atoms with E-state index in [1.807, 2.05) is 0 Å². The number of halogens is 1. The number of hydrogen-bond donors (Lipinski definition) is 1. The first-order valence-electron chi connectivity index (χ1n) is 7.88. The largest absolute Gasteiger partial charge is 0.464 e. The molecular formula is C17H24FNO2. The highest BCUT2D eigenvalue weighted by Gasteiger charge is 2.26. The number of esters is 1. The topological polar surface area (TPSA) is 38.3 Å². The van der Waals surface area contributed by atoms with E-state index in [4.69, 9.17) is 4.74 Å². The SMILES string of the molecule is CCOC(=O)C(CC1CCCCC1)Nc1ccccc1F. The van der Waals surface area contributed by atoms with Crippen LogP contribution in [0, 0.1) is 11.7 Å². The molecule has 0 aliphatic heterocycles. The van der Waals surface area contributed by atoms with Gasteiger partial charge in [-0.2, -0.15) is 0 Å². The van der Waals surface area contributed by atoms with Gasteiger partial charge in [-0.3, -0.25) is 0 Å². The van der Waals surface area contributed by atoms with E-state index in [-0.39, 0.29) is 11.8 Å². The van der Waals surface area contributed by atoms with Crippen LogP contribution < -0.4 is 5.32 Å². The molecule has 2 rings (SSSR count). The fourth-order valence-electron chi connectivity index (χ4n) is 2.98. The van der Waals surface area contributed by atoms with Crippen molar-refractivity contribution < 1.29 is 13.9 Å². The van der Waals surface area contributed by atoms with Crippen molar-refractivity contribution in [2.75, 3.05) is 11.9 Å². The van der Waals surface area contributed by atoms with Gasteiger partial charge in [0.05, 0.1) is 12.3 Å². The summed E-state index contributed by atoms with van der Waals surface area (Å²) in [5.41, 5.74) is 0.367. The van der Waals surface area contributed by atoms with Crippen LogP contribution in [0.4, 0.5) is 10.1 Å². The van der Waals surface area contributed by atoms with E-state index in [2.05, 4.69) is 5.32 Å². The number of carbonyl (C=O) groups excluding carboxylic acids is 1. The average Bonchev–Trinajstić information content (AvgIpc) is 2.50. The van der Waals surface area contributed by atoms with E-state index in [1.165, 1.54) is 25.3 Å². The number of benzene rings is 1. The molecule has 1 N–H and O–H groups in total. The number of carbonyl (C=O) groups is 1. The van der Waals surface area contributed by atoms with Gasteiger partial charge in [0.1, 0.15) is 11.9 Å². The zero-order valence-electron chi connectivity index (χ0n) is 12.6. The van der Waals surface area contributed by atoms with Gasteiger partial charge in [0.25, 0.3) is 0 Å². The molecule has 0 saturated heterocycles. The fraction of sp³-hybridized carbons (Fsp3) is 0.588. The second-order valence-electron chi connectivity index (χ2n) is 5.67. The molecule has 116 valence electrons. The third-order valence-corrected chi connectivity index (χ3v) is 4.07. The van der Waals surface area contributed by atoms with Crippen LogP contribution in [0.2, 0.25) is 0 Å². The Morgan fingerprint density at radius 3 is 2.71 bits per heavy atom. The third-order valence-electron chi connectivity index (χ3n) is 4.07. The normalized spacial score (nSPS) is 17.2. The highest BCUT2D eigenvalue weighted by molar-refractivity contribution is 5.79. The Balaban J connectivity index is 2.04. The van der Waals surface area contributed by atoms with Gasteiger partial charge in [-0.05, 0) is 31.4 Å². The van der Waals surface area contributed by atoms with Crippen LogP contribution in [0.1, 0.15) is 45.4 Å². The van der Waals surface area contributed by atoms with Crippen LogP contribution in [0.25, 0.3) is 0 Å². The molecule has 1 atom stereocenters. The Bertz CT molecular complexity index is 458. The minimum atomic E-state index is -0.468. The van der Waals surface area contributed by atoms with Crippen molar-refractivity contribution in [3.63, 3.8) is 0 Å². The van der Waals surface area contributed by atoms with Gasteiger partial charge in [-0.1, -0.05) is 44.2 Å². The van der Waals surface area contributed by atoms with Crippen molar-refractivity contribution in [3.05, 3.63) is 30.1 Å². The predicted octanol–water partition coefficient (Wildman–Crippen LogP) is 4.14. The van der Waals surface area contributed by atoms with Crippen LogP contribution in [0.5, 0.6) is 0 Å². The van der Waals surface area contributed by atoms with E-state index >= 15 is 0 Å². The zero-order chi connectivity index (χ0) is 15.1. The molecule has 3 nitrogen and oxygen atoms in total. The Hall–Kier alpha value is -1.58. The molecule has 1 fully saturated rings. The minimum Gasteiger partial charge on any atom is -0.464 e. The van der Waals surface area contributed by atoms with Crippen LogP contribution in [0.3, 0.4) is 0 Å². The lowest BCUT2D eigenvalue weighted by atomic mass is 9.84. The van der Waals surface area contributed by atoms with Crippen LogP contribution in [-0.4, -0.2) is 18.6 Å². The maximum atomic E-state index is 13.8. The molecule has 1 unspecified atom stereocenters. The second kappa shape index (κ2) is 8.01. The van der Waals surface area contributed by atoms with Gasteiger partial charge in [0.2, 0.25) is 0 Å². The smallest absolute Gasteiger partial charge is 0.328 e. The van der Waals surface area contributed by atoms with Gasteiger partial charge in [-0.25, -0.2) is 9.18 Å². The summed E-state index contributed by atoms with van der Waals surface area (Å²) >= 11 is 0. The van der Waals surface area contributed by atoms with Crippen molar-refractivity contribution in [2.45, 2.75) is 51.5 Å². The third kappa shape index (κ3) is 4.73. The number of rotatable bonds is 6. The molecule has 1 aromatic carbocycles. The Morgan fingerprint density at radius 1 is 1.33 bits per heavy atom. The first kappa shape index (κ1) is 15.8. The number of anilines is 1. The van der Waals surface area contributed by atoms with Crippen LogP contribution >= 0.6 is 0 Å². The molecule has 21 heavy (non-hydrogen) atoms. The van der Waals surface area contributed by atoms with E-state index < -0.39 is 6.04 Å². The molecule has 4 heteroatoms. The summed E-state index contributed by atoms with van der Waals surface area (Å²) in [5.74, 6) is -0.103. The van der Waals surface area contributed by atoms with E-state index in [1.54, 1.807) is 25.1 Å². The molecule has 0 amide bonds. The molecule has 0 heterocycles. The lowest BCUT2D eigenvalue weighted by Crippen LogP contribution is -2.34. The van der Waals surface area contributed by atoms with Crippen LogP contribution in [-0.2, 0) is 9.53 Å². The van der Waals surface area contributed by atoms with Gasteiger partial charge in [0, 0.05) is 0 Å². The average molecular weight is 293 g/mol. The molecule has 0 bridgehead atoms. The van der Waals surface area contributed by atoms with Gasteiger partial charge >= 0.3 is 5.97 Å². The summed E-state index contributed by atoms with van der Waals surface area (Å²) in [5, 5.41) is 3.03. The Labute approximate surface area is 125 Å². The molecule has 1 aliphatic rings. The maximum absolute atomic E-state index is 13.8. The summed E-state index contributed by atoms with van der Waals surface area (Å²) < 4.78 is 18.9. The summed E-state index contributed by atoms with van der Waals surface area (Å²) in [6, 6.07) is 5.98. The molecule has 0 aromatic heterocycles. The molecule has 1 aliphatic carbocycles. The molecule has 0 spiro atoms. The first-order valence-corrected chi connectivity index (χ1v) is 7.88. The quantitative estimate of drug-likeness (QED) is 0.801. The highest BCUT2D eigenvalue weighted by atomic mass is 19.1. The first-order chi connectivity index (χ1) is 10.2. The zero-order valence-corrected chi connectivity index (χ0v) is 12.6. The van der Waals surface area contributed by atoms with Crippen molar-refractivity contribution >= 4 is 11.7 Å². The maximum Gasteiger partial charge on any atom is 0.328 e. The van der Waals surface area contributed by atoms with Crippen molar-refractivity contribution in [2.24, 2.45) is 5.92 Å². The van der Waals surface area contributed by atoms with E-state index in [0.29, 0.717) is 24.6 Å². The second-order valence-corrected chi connectivity index (χ2v) is 5.67. The predicted molar refractivity (Wildman–Crippen MR) is 81.6 cm³/mol. The summed E-state index contributed by atoms with van der Waals surface area (Å²) in [7, 11) is 0. The van der Waals surface area contributed by atoms with Gasteiger partial charge in [0.15, 0.2) is 0 Å².